The van der Waals surface area contributed by atoms with E-state index in [0.717, 1.165) is 11.0 Å². The number of likely N-dealkylation sites (N-methyl/N-ethyl adjacent to an activating group) is 1. The van der Waals surface area contributed by atoms with E-state index in [-0.39, 0.29) is 11.4 Å². The van der Waals surface area contributed by atoms with E-state index in [1.165, 1.54) is 44.8 Å². The zero-order chi connectivity index (χ0) is 17.9. The van der Waals surface area contributed by atoms with E-state index in [2.05, 4.69) is 9.97 Å². The van der Waals surface area contributed by atoms with Crippen molar-refractivity contribution in [1.29, 1.82) is 0 Å². The number of hydrogen-bond donors (Lipinski definition) is 0. The molecule has 8 heteroatoms. The molecule has 128 valence electrons. The van der Waals surface area contributed by atoms with E-state index in [1.54, 1.807) is 6.92 Å². The van der Waals surface area contributed by atoms with Gasteiger partial charge in [0.2, 0.25) is 0 Å². The molecule has 24 heavy (non-hydrogen) atoms. The smallest absolute Gasteiger partial charge is 0.367 e. The molecule has 0 N–H and O–H groups in total. The lowest BCUT2D eigenvalue weighted by atomic mass is 10.0. The number of anilines is 1. The van der Waals surface area contributed by atoms with E-state index in [4.69, 9.17) is 4.74 Å². The molecule has 1 aromatic heterocycles. The molecule has 1 heterocycles. The molecule has 0 fully saturated rings. The Balaban J connectivity index is 2.43. The molecular formula is C16H16F3N3O2. The number of hydrogen-bond acceptors (Lipinski definition) is 4. The SMILES string of the molecule is COC(C(=O)N(C)c1nccnc1C)c1ccccc1C(F)(F)F. The first-order valence-electron chi connectivity index (χ1n) is 7.01. The summed E-state index contributed by atoms with van der Waals surface area (Å²) < 4.78 is 44.7. The molecule has 0 aliphatic carbocycles. The quantitative estimate of drug-likeness (QED) is 0.859. The summed E-state index contributed by atoms with van der Waals surface area (Å²) >= 11 is 0. The summed E-state index contributed by atoms with van der Waals surface area (Å²) in [4.78, 5) is 21.9. The second kappa shape index (κ2) is 6.96. The van der Waals surface area contributed by atoms with Crippen LogP contribution in [-0.2, 0) is 15.7 Å². The van der Waals surface area contributed by atoms with E-state index < -0.39 is 23.8 Å². The Morgan fingerprint density at radius 3 is 2.42 bits per heavy atom. The van der Waals surface area contributed by atoms with Crippen LogP contribution in [0.3, 0.4) is 0 Å². The maximum Gasteiger partial charge on any atom is 0.416 e. The van der Waals surface area contributed by atoms with Crippen LogP contribution in [0, 0.1) is 6.92 Å². The number of nitrogens with zero attached hydrogens (tertiary/aromatic N) is 3. The van der Waals surface area contributed by atoms with Crippen molar-refractivity contribution >= 4 is 11.7 Å². The predicted octanol–water partition coefficient (Wildman–Crippen LogP) is 3.15. The highest BCUT2D eigenvalue weighted by atomic mass is 19.4. The molecule has 0 aliphatic rings. The number of methoxy groups -OCH3 is 1. The summed E-state index contributed by atoms with van der Waals surface area (Å²) in [5.74, 6) is -0.410. The van der Waals surface area contributed by atoms with Gasteiger partial charge in [-0.2, -0.15) is 13.2 Å². The molecule has 1 atom stereocenters. The van der Waals surface area contributed by atoms with E-state index in [0.29, 0.717) is 5.69 Å². The van der Waals surface area contributed by atoms with Crippen molar-refractivity contribution in [3.63, 3.8) is 0 Å². The minimum absolute atomic E-state index is 0.245. The average Bonchev–Trinajstić information content (AvgIpc) is 2.55. The normalized spacial score (nSPS) is 12.8. The Kier molecular flexibility index (Phi) is 5.18. The van der Waals surface area contributed by atoms with Crippen LogP contribution >= 0.6 is 0 Å². The van der Waals surface area contributed by atoms with Gasteiger partial charge < -0.3 is 4.74 Å². The van der Waals surface area contributed by atoms with Crippen molar-refractivity contribution in [3.05, 3.63) is 53.5 Å². The van der Waals surface area contributed by atoms with Gasteiger partial charge in [-0.25, -0.2) is 4.98 Å². The fourth-order valence-electron chi connectivity index (χ4n) is 2.35. The second-order valence-electron chi connectivity index (χ2n) is 5.06. The molecular weight excluding hydrogens is 323 g/mol. The molecule has 0 spiro atoms. The summed E-state index contributed by atoms with van der Waals surface area (Å²) in [5.41, 5.74) is -0.673. The van der Waals surface area contributed by atoms with E-state index in [1.807, 2.05) is 0 Å². The minimum Gasteiger partial charge on any atom is -0.367 e. The maximum atomic E-state index is 13.2. The number of amides is 1. The summed E-state index contributed by atoms with van der Waals surface area (Å²) in [6.07, 6.45) is -3.13. The van der Waals surface area contributed by atoms with Gasteiger partial charge in [-0.3, -0.25) is 14.7 Å². The largest absolute Gasteiger partial charge is 0.416 e. The van der Waals surface area contributed by atoms with Gasteiger partial charge in [0, 0.05) is 32.1 Å². The van der Waals surface area contributed by atoms with Crippen LogP contribution in [0.15, 0.2) is 36.7 Å². The molecule has 2 rings (SSSR count). The highest BCUT2D eigenvalue weighted by Crippen LogP contribution is 2.36. The minimum atomic E-state index is -4.59. The molecule has 1 aromatic carbocycles. The van der Waals surface area contributed by atoms with Gasteiger partial charge in [-0.1, -0.05) is 18.2 Å². The van der Waals surface area contributed by atoms with Crippen LogP contribution < -0.4 is 4.90 Å². The van der Waals surface area contributed by atoms with Crippen LogP contribution in [0.1, 0.15) is 22.9 Å². The van der Waals surface area contributed by atoms with Crippen molar-refractivity contribution in [2.45, 2.75) is 19.2 Å². The molecule has 0 bridgehead atoms. The number of carbonyl (C=O) groups excluding carboxylic acids is 1. The lowest BCUT2D eigenvalue weighted by Crippen LogP contribution is -2.34. The summed E-state index contributed by atoms with van der Waals surface area (Å²) in [7, 11) is 2.61. The maximum absolute atomic E-state index is 13.2. The summed E-state index contributed by atoms with van der Waals surface area (Å²) in [6, 6.07) is 4.84. The number of alkyl halides is 3. The Hall–Kier alpha value is -2.48. The van der Waals surface area contributed by atoms with Crippen molar-refractivity contribution < 1.29 is 22.7 Å². The van der Waals surface area contributed by atoms with Crippen LogP contribution in [0.4, 0.5) is 19.0 Å². The Labute approximate surface area is 137 Å². The van der Waals surface area contributed by atoms with E-state index in [9.17, 15) is 18.0 Å². The van der Waals surface area contributed by atoms with Crippen molar-refractivity contribution in [1.82, 2.24) is 9.97 Å². The van der Waals surface area contributed by atoms with Crippen LogP contribution in [0.2, 0.25) is 0 Å². The highest BCUT2D eigenvalue weighted by molar-refractivity contribution is 5.96. The Morgan fingerprint density at radius 1 is 1.21 bits per heavy atom. The molecule has 2 aromatic rings. The molecule has 1 unspecified atom stereocenters. The molecule has 1 amide bonds. The van der Waals surface area contributed by atoms with E-state index >= 15 is 0 Å². The fraction of sp³-hybridized carbons (Fsp3) is 0.312. The zero-order valence-electron chi connectivity index (χ0n) is 13.3. The number of aryl methyl sites for hydroxylation is 1. The first kappa shape index (κ1) is 17.9. The van der Waals surface area contributed by atoms with Crippen molar-refractivity contribution in [2.24, 2.45) is 0 Å². The standard InChI is InChI=1S/C16H16F3N3O2/c1-10-14(21-9-8-20-10)22(2)15(23)13(24-3)11-6-4-5-7-12(11)16(17,18)19/h4-9,13H,1-3H3. The number of halogens is 3. The van der Waals surface area contributed by atoms with Gasteiger partial charge in [0.05, 0.1) is 11.3 Å². The third-order valence-corrected chi connectivity index (χ3v) is 3.51. The monoisotopic (exact) mass is 339 g/mol. The lowest BCUT2D eigenvalue weighted by Gasteiger charge is -2.25. The molecule has 0 aliphatic heterocycles. The predicted molar refractivity (Wildman–Crippen MR) is 81.4 cm³/mol. The summed E-state index contributed by atoms with van der Waals surface area (Å²) in [6.45, 7) is 1.65. The molecule has 0 saturated heterocycles. The van der Waals surface area contributed by atoms with Crippen molar-refractivity contribution in [2.75, 3.05) is 19.1 Å². The van der Waals surface area contributed by atoms with Gasteiger partial charge in [0.25, 0.3) is 5.91 Å². The average molecular weight is 339 g/mol. The highest BCUT2D eigenvalue weighted by Gasteiger charge is 2.38. The molecule has 0 saturated carbocycles. The van der Waals surface area contributed by atoms with Gasteiger partial charge in [-0.15, -0.1) is 0 Å². The zero-order valence-corrected chi connectivity index (χ0v) is 13.3. The van der Waals surface area contributed by atoms with Gasteiger partial charge in [0.1, 0.15) is 0 Å². The van der Waals surface area contributed by atoms with Crippen LogP contribution in [0.5, 0.6) is 0 Å². The third-order valence-electron chi connectivity index (χ3n) is 3.51. The van der Waals surface area contributed by atoms with Gasteiger partial charge in [-0.05, 0) is 13.0 Å². The number of rotatable bonds is 4. The second-order valence-corrected chi connectivity index (χ2v) is 5.06. The Bertz CT molecular complexity index is 735. The lowest BCUT2D eigenvalue weighted by molar-refractivity contribution is -0.140. The van der Waals surface area contributed by atoms with Crippen LogP contribution in [0.25, 0.3) is 0 Å². The number of benzene rings is 1. The van der Waals surface area contributed by atoms with Crippen molar-refractivity contribution in [3.8, 4) is 0 Å². The number of carbonyl (C=O) groups is 1. The van der Waals surface area contributed by atoms with Crippen LogP contribution in [-0.4, -0.2) is 30.0 Å². The van der Waals surface area contributed by atoms with Gasteiger partial charge >= 0.3 is 6.18 Å². The number of aromatic nitrogens is 2. The topological polar surface area (TPSA) is 55.3 Å². The first-order chi connectivity index (χ1) is 11.3. The number of ether oxygens (including phenoxy) is 1. The Morgan fingerprint density at radius 2 is 1.83 bits per heavy atom. The molecule has 0 radical (unpaired) electrons. The van der Waals surface area contributed by atoms with Gasteiger partial charge in [0.15, 0.2) is 11.9 Å². The first-order valence-corrected chi connectivity index (χ1v) is 7.01. The third kappa shape index (κ3) is 3.53. The molecule has 5 nitrogen and oxygen atoms in total. The summed E-state index contributed by atoms with van der Waals surface area (Å²) in [5, 5.41) is 0. The fourth-order valence-corrected chi connectivity index (χ4v) is 2.35.